The highest BCUT2D eigenvalue weighted by molar-refractivity contribution is 5.76. The van der Waals surface area contributed by atoms with Gasteiger partial charge in [0.2, 0.25) is 5.91 Å². The molecule has 6 heteroatoms. The van der Waals surface area contributed by atoms with Crippen LogP contribution in [0.25, 0.3) is 0 Å². The summed E-state index contributed by atoms with van der Waals surface area (Å²) in [6.07, 6.45) is 4.01. The molecule has 0 saturated carbocycles. The zero-order valence-corrected chi connectivity index (χ0v) is 13.9. The van der Waals surface area contributed by atoms with Crippen molar-refractivity contribution in [3.63, 3.8) is 0 Å². The molecule has 1 fully saturated rings. The predicted molar refractivity (Wildman–Crippen MR) is 89.5 cm³/mol. The Morgan fingerprint density at radius 2 is 2.21 bits per heavy atom. The Balaban J connectivity index is 1.72. The van der Waals surface area contributed by atoms with Crippen LogP contribution in [-0.4, -0.2) is 57.6 Å². The third kappa shape index (κ3) is 3.66. The number of carbonyl (C=O) groups excluding carboxylic acids is 1. The first-order chi connectivity index (χ1) is 11.6. The summed E-state index contributed by atoms with van der Waals surface area (Å²) in [6.45, 7) is 3.49. The molecule has 1 aromatic heterocycles. The maximum absolute atomic E-state index is 12.5. The van der Waals surface area contributed by atoms with Crippen molar-refractivity contribution in [2.45, 2.75) is 25.5 Å². The Kier molecular flexibility index (Phi) is 4.97. The Morgan fingerprint density at radius 1 is 1.38 bits per heavy atom. The molecule has 1 aliphatic rings. The van der Waals surface area contributed by atoms with Crippen LogP contribution in [0.5, 0.6) is 0 Å². The van der Waals surface area contributed by atoms with Gasteiger partial charge in [-0.05, 0) is 24.1 Å². The van der Waals surface area contributed by atoms with Crippen LogP contribution in [0.4, 0.5) is 0 Å². The number of aliphatic hydroxyl groups is 1. The van der Waals surface area contributed by atoms with E-state index >= 15 is 0 Å². The number of carbonyl (C=O) groups is 1. The molecular weight excluding hydrogens is 306 g/mol. The highest BCUT2D eigenvalue weighted by atomic mass is 16.5. The van der Waals surface area contributed by atoms with Crippen molar-refractivity contribution in [1.29, 1.82) is 0 Å². The van der Waals surface area contributed by atoms with E-state index in [1.807, 2.05) is 31.2 Å². The quantitative estimate of drug-likeness (QED) is 0.889. The minimum absolute atomic E-state index is 0.00962. The predicted octanol–water partition coefficient (Wildman–Crippen LogP) is 1.02. The topological polar surface area (TPSA) is 67.6 Å². The maximum Gasteiger partial charge on any atom is 0.244 e. The van der Waals surface area contributed by atoms with Crippen molar-refractivity contribution >= 4 is 5.91 Å². The zero-order chi connectivity index (χ0) is 17.0. The number of ether oxygens (including phenoxy) is 1. The number of aromatic nitrogens is 2. The van der Waals surface area contributed by atoms with Crippen LogP contribution < -0.4 is 0 Å². The molecule has 2 heterocycles. The molecule has 2 aromatic rings. The van der Waals surface area contributed by atoms with Gasteiger partial charge in [-0.2, -0.15) is 5.10 Å². The molecule has 0 unspecified atom stereocenters. The molecule has 1 atom stereocenters. The fraction of sp³-hybridized carbons (Fsp3) is 0.444. The van der Waals surface area contributed by atoms with E-state index in [1.165, 1.54) is 0 Å². The first kappa shape index (κ1) is 16.7. The number of benzene rings is 1. The molecule has 6 nitrogen and oxygen atoms in total. The van der Waals surface area contributed by atoms with Gasteiger partial charge in [-0.25, -0.2) is 0 Å². The van der Waals surface area contributed by atoms with Gasteiger partial charge in [-0.1, -0.05) is 24.3 Å². The fourth-order valence-electron chi connectivity index (χ4n) is 3.10. The van der Waals surface area contributed by atoms with Crippen molar-refractivity contribution in [2.24, 2.45) is 0 Å². The summed E-state index contributed by atoms with van der Waals surface area (Å²) in [5, 5.41) is 14.0. The number of nitrogens with zero attached hydrogens (tertiary/aromatic N) is 3. The van der Waals surface area contributed by atoms with Gasteiger partial charge < -0.3 is 14.7 Å². The summed E-state index contributed by atoms with van der Waals surface area (Å²) in [4.78, 5) is 14.3. The Labute approximate surface area is 141 Å². The number of hydrogen-bond acceptors (Lipinski definition) is 4. The van der Waals surface area contributed by atoms with E-state index in [-0.39, 0.29) is 19.1 Å². The van der Waals surface area contributed by atoms with Gasteiger partial charge in [-0.3, -0.25) is 9.48 Å². The lowest BCUT2D eigenvalue weighted by atomic mass is 9.91. The van der Waals surface area contributed by atoms with E-state index < -0.39 is 5.60 Å². The van der Waals surface area contributed by atoms with E-state index in [2.05, 4.69) is 5.10 Å². The van der Waals surface area contributed by atoms with Crippen molar-refractivity contribution < 1.29 is 14.6 Å². The Hall–Kier alpha value is -2.18. The minimum atomic E-state index is -0.746. The Morgan fingerprint density at radius 3 is 2.92 bits per heavy atom. The standard InChI is InChI=1S/C18H23N3O3/c1-15-5-2-3-6-16(15)11-18(14-22)13-20(9-10-24-18)17(23)12-21-8-4-7-19-21/h2-8,22H,9-14H2,1H3/t18-/m0/s1. The molecule has 1 saturated heterocycles. The van der Waals surface area contributed by atoms with Crippen molar-refractivity contribution in [2.75, 3.05) is 26.3 Å². The van der Waals surface area contributed by atoms with Crippen molar-refractivity contribution in [3.8, 4) is 0 Å². The average molecular weight is 329 g/mol. The van der Waals surface area contributed by atoms with Crippen molar-refractivity contribution in [3.05, 3.63) is 53.9 Å². The highest BCUT2D eigenvalue weighted by Crippen LogP contribution is 2.24. The number of aryl methyl sites for hydroxylation is 1. The third-order valence-corrected chi connectivity index (χ3v) is 4.52. The van der Waals surface area contributed by atoms with Crippen LogP contribution in [0.3, 0.4) is 0 Å². The van der Waals surface area contributed by atoms with Gasteiger partial charge in [0.15, 0.2) is 0 Å². The van der Waals surface area contributed by atoms with Crippen molar-refractivity contribution in [1.82, 2.24) is 14.7 Å². The molecule has 1 aliphatic heterocycles. The van der Waals surface area contributed by atoms with Crippen LogP contribution in [0.1, 0.15) is 11.1 Å². The monoisotopic (exact) mass is 329 g/mol. The summed E-state index contributed by atoms with van der Waals surface area (Å²) in [5.74, 6) is -0.00962. The van der Waals surface area contributed by atoms with Gasteiger partial charge >= 0.3 is 0 Å². The molecule has 0 spiro atoms. The number of morpholine rings is 1. The smallest absolute Gasteiger partial charge is 0.244 e. The third-order valence-electron chi connectivity index (χ3n) is 4.52. The SMILES string of the molecule is Cc1ccccc1C[C@@]1(CO)CN(C(=O)Cn2cccn2)CCO1. The van der Waals surface area contributed by atoms with Crippen LogP contribution in [0.15, 0.2) is 42.7 Å². The van der Waals surface area contributed by atoms with Gasteiger partial charge in [-0.15, -0.1) is 0 Å². The summed E-state index contributed by atoms with van der Waals surface area (Å²) in [7, 11) is 0. The molecule has 1 N–H and O–H groups in total. The van der Waals surface area contributed by atoms with Crippen LogP contribution in [-0.2, 0) is 22.5 Å². The largest absolute Gasteiger partial charge is 0.393 e. The number of aliphatic hydroxyl groups excluding tert-OH is 1. The second kappa shape index (κ2) is 7.15. The maximum atomic E-state index is 12.5. The van der Waals surface area contributed by atoms with Crippen LogP contribution >= 0.6 is 0 Å². The first-order valence-corrected chi connectivity index (χ1v) is 8.16. The lowest BCUT2D eigenvalue weighted by Crippen LogP contribution is -2.57. The highest BCUT2D eigenvalue weighted by Gasteiger charge is 2.38. The van der Waals surface area contributed by atoms with Crippen LogP contribution in [0, 0.1) is 6.92 Å². The van der Waals surface area contributed by atoms with E-state index in [9.17, 15) is 9.90 Å². The van der Waals surface area contributed by atoms with Gasteiger partial charge in [0, 0.05) is 25.4 Å². The van der Waals surface area contributed by atoms with E-state index in [0.717, 1.165) is 11.1 Å². The summed E-state index contributed by atoms with van der Waals surface area (Å²) >= 11 is 0. The summed E-state index contributed by atoms with van der Waals surface area (Å²) < 4.78 is 7.53. The lowest BCUT2D eigenvalue weighted by molar-refractivity contribution is -0.158. The molecule has 0 radical (unpaired) electrons. The molecule has 1 amide bonds. The molecule has 0 bridgehead atoms. The average Bonchev–Trinajstić information content (AvgIpc) is 3.10. The van der Waals surface area contributed by atoms with Gasteiger partial charge in [0.25, 0.3) is 0 Å². The number of rotatable bonds is 5. The molecule has 3 rings (SSSR count). The number of amides is 1. The summed E-state index contributed by atoms with van der Waals surface area (Å²) in [6, 6.07) is 9.86. The lowest BCUT2D eigenvalue weighted by Gasteiger charge is -2.42. The fourth-order valence-corrected chi connectivity index (χ4v) is 3.10. The number of hydrogen-bond donors (Lipinski definition) is 1. The molecule has 1 aromatic carbocycles. The second-order valence-electron chi connectivity index (χ2n) is 6.31. The minimum Gasteiger partial charge on any atom is -0.393 e. The molecular formula is C18H23N3O3. The normalized spacial score (nSPS) is 21.0. The Bertz CT molecular complexity index is 687. The second-order valence-corrected chi connectivity index (χ2v) is 6.31. The van der Waals surface area contributed by atoms with E-state index in [4.69, 9.17) is 4.74 Å². The molecule has 0 aliphatic carbocycles. The first-order valence-electron chi connectivity index (χ1n) is 8.16. The van der Waals surface area contributed by atoms with Crippen LogP contribution in [0.2, 0.25) is 0 Å². The van der Waals surface area contributed by atoms with E-state index in [1.54, 1.807) is 28.0 Å². The molecule has 128 valence electrons. The molecule has 24 heavy (non-hydrogen) atoms. The zero-order valence-electron chi connectivity index (χ0n) is 13.9. The van der Waals surface area contributed by atoms with Gasteiger partial charge in [0.05, 0.1) is 19.8 Å². The van der Waals surface area contributed by atoms with E-state index in [0.29, 0.717) is 26.1 Å². The summed E-state index contributed by atoms with van der Waals surface area (Å²) in [5.41, 5.74) is 1.55. The van der Waals surface area contributed by atoms with Gasteiger partial charge in [0.1, 0.15) is 12.1 Å².